The Kier molecular flexibility index (Phi) is 8.47. The van der Waals surface area contributed by atoms with Gasteiger partial charge in [-0.25, -0.2) is 0 Å². The van der Waals surface area contributed by atoms with Gasteiger partial charge in [-0.1, -0.05) is 60.7 Å². The Morgan fingerprint density at radius 3 is 2.37 bits per heavy atom. The minimum absolute atomic E-state index is 0.0207. The van der Waals surface area contributed by atoms with Crippen LogP contribution in [0.15, 0.2) is 84.4 Å². The second-order valence-electron chi connectivity index (χ2n) is 10.1. The maximum Gasteiger partial charge on any atom is 0.247 e. The smallest absolute Gasteiger partial charge is 0.247 e. The van der Waals surface area contributed by atoms with Crippen molar-refractivity contribution < 1.29 is 34.1 Å². The molecule has 9 heteroatoms. The van der Waals surface area contributed by atoms with Crippen LogP contribution in [-0.2, 0) is 22.6 Å². The molecule has 5 rings (SSSR count). The van der Waals surface area contributed by atoms with Gasteiger partial charge in [-0.05, 0) is 29.3 Å². The van der Waals surface area contributed by atoms with E-state index in [0.29, 0.717) is 28.9 Å². The number of benzene rings is 3. The lowest BCUT2D eigenvalue weighted by Crippen LogP contribution is -2.55. The molecule has 3 aromatic carbocycles. The van der Waals surface area contributed by atoms with E-state index in [-0.39, 0.29) is 37.6 Å². The number of carbonyl (C=O) groups excluding carboxylic acids is 3. The van der Waals surface area contributed by atoms with Crippen molar-refractivity contribution >= 4 is 18.1 Å². The van der Waals surface area contributed by atoms with Crippen molar-refractivity contribution in [3.05, 3.63) is 107 Å². The topological polar surface area (TPSA) is 125 Å². The van der Waals surface area contributed by atoms with Crippen LogP contribution in [0.5, 0.6) is 11.5 Å². The van der Waals surface area contributed by atoms with Gasteiger partial charge in [0.15, 0.2) is 11.5 Å². The summed E-state index contributed by atoms with van der Waals surface area (Å²) < 4.78 is 11.7. The first-order valence-electron chi connectivity index (χ1n) is 13.4. The van der Waals surface area contributed by atoms with E-state index in [4.69, 9.17) is 9.47 Å². The van der Waals surface area contributed by atoms with Gasteiger partial charge < -0.3 is 29.9 Å². The standard InChI is InChI=1S/C32H32N2O7/c1-40-26-15-22(19-36)14-23-28-24(32(39)33-12-13-35)17-25(29(38)31(28)41-30(23)26)34(18-21-10-6-3-7-11-21)27(37)16-20-8-4-2-5-9-20/h2-11,14-15,17,19,25,28-29,31,35,38H,12-13,16,18H2,1H3,(H,33,39)/t25-,28+,29+,31+/m1/s1. The number of fused-ring (bicyclic) bond motifs is 3. The van der Waals surface area contributed by atoms with E-state index in [0.717, 1.165) is 11.1 Å². The predicted molar refractivity (Wildman–Crippen MR) is 151 cm³/mol. The lowest BCUT2D eigenvalue weighted by Gasteiger charge is -2.41. The quantitative estimate of drug-likeness (QED) is 0.328. The average Bonchev–Trinajstić information content (AvgIpc) is 3.39. The molecule has 2 aliphatic rings. The Bertz CT molecular complexity index is 1440. The summed E-state index contributed by atoms with van der Waals surface area (Å²) in [4.78, 5) is 40.6. The number of methoxy groups -OCH3 is 1. The molecule has 0 unspecified atom stereocenters. The Balaban J connectivity index is 1.59. The number of aliphatic hydroxyl groups excluding tert-OH is 2. The fraction of sp³-hybridized carbons (Fsp3) is 0.281. The number of carbonyl (C=O) groups is 3. The van der Waals surface area contributed by atoms with Crippen molar-refractivity contribution in [3.8, 4) is 11.5 Å². The lowest BCUT2D eigenvalue weighted by molar-refractivity contribution is -0.137. The molecular formula is C32H32N2O7. The summed E-state index contributed by atoms with van der Waals surface area (Å²) in [5.74, 6) is -0.789. The van der Waals surface area contributed by atoms with Crippen LogP contribution in [0.4, 0.5) is 0 Å². The first-order valence-corrected chi connectivity index (χ1v) is 13.4. The zero-order valence-electron chi connectivity index (χ0n) is 22.6. The minimum atomic E-state index is -1.21. The molecule has 0 saturated heterocycles. The summed E-state index contributed by atoms with van der Waals surface area (Å²) in [6.07, 6.45) is 0.242. The summed E-state index contributed by atoms with van der Waals surface area (Å²) in [5.41, 5.74) is 2.81. The maximum atomic E-state index is 13.9. The van der Waals surface area contributed by atoms with E-state index in [2.05, 4.69) is 5.32 Å². The molecule has 1 aliphatic heterocycles. The molecule has 0 fully saturated rings. The molecule has 0 radical (unpaired) electrons. The maximum absolute atomic E-state index is 13.9. The molecule has 1 aliphatic carbocycles. The summed E-state index contributed by atoms with van der Waals surface area (Å²) >= 11 is 0. The number of ether oxygens (including phenoxy) is 2. The zero-order chi connectivity index (χ0) is 28.9. The first-order chi connectivity index (χ1) is 19.9. The summed E-state index contributed by atoms with van der Waals surface area (Å²) in [6, 6.07) is 21.0. The van der Waals surface area contributed by atoms with Crippen LogP contribution in [0.2, 0.25) is 0 Å². The number of rotatable bonds is 10. The van der Waals surface area contributed by atoms with Crippen molar-refractivity contribution in [2.75, 3.05) is 20.3 Å². The number of hydrogen-bond donors (Lipinski definition) is 3. The number of aliphatic hydroxyl groups is 2. The summed E-state index contributed by atoms with van der Waals surface area (Å²) in [6.45, 7) is -0.0445. The van der Waals surface area contributed by atoms with Crippen LogP contribution < -0.4 is 14.8 Å². The van der Waals surface area contributed by atoms with Crippen molar-refractivity contribution in [1.29, 1.82) is 0 Å². The number of nitrogens with zero attached hydrogens (tertiary/aromatic N) is 1. The highest BCUT2D eigenvalue weighted by molar-refractivity contribution is 5.96. The monoisotopic (exact) mass is 556 g/mol. The average molecular weight is 557 g/mol. The molecule has 9 nitrogen and oxygen atoms in total. The molecule has 2 amide bonds. The molecule has 3 aromatic rings. The predicted octanol–water partition coefficient (Wildman–Crippen LogP) is 2.40. The molecular weight excluding hydrogens is 524 g/mol. The fourth-order valence-electron chi connectivity index (χ4n) is 5.57. The first kappa shape index (κ1) is 28.1. The molecule has 41 heavy (non-hydrogen) atoms. The van der Waals surface area contributed by atoms with Crippen molar-refractivity contribution in [2.45, 2.75) is 37.1 Å². The van der Waals surface area contributed by atoms with E-state index < -0.39 is 30.1 Å². The number of nitrogens with one attached hydrogen (secondary N) is 1. The van der Waals surface area contributed by atoms with Gasteiger partial charge in [0.2, 0.25) is 11.8 Å². The van der Waals surface area contributed by atoms with E-state index in [1.807, 2.05) is 60.7 Å². The number of amides is 2. The van der Waals surface area contributed by atoms with E-state index >= 15 is 0 Å². The van der Waals surface area contributed by atoms with Crippen molar-refractivity contribution in [1.82, 2.24) is 10.2 Å². The van der Waals surface area contributed by atoms with Gasteiger partial charge in [-0.2, -0.15) is 0 Å². The van der Waals surface area contributed by atoms with Gasteiger partial charge in [-0.3, -0.25) is 14.4 Å². The van der Waals surface area contributed by atoms with Crippen LogP contribution in [0.25, 0.3) is 0 Å². The molecule has 0 spiro atoms. The summed E-state index contributed by atoms with van der Waals surface area (Å²) in [5, 5.41) is 23.8. The van der Waals surface area contributed by atoms with E-state index in [1.165, 1.54) is 13.2 Å². The third-order valence-electron chi connectivity index (χ3n) is 7.49. The van der Waals surface area contributed by atoms with Crippen LogP contribution in [0, 0.1) is 0 Å². The highest BCUT2D eigenvalue weighted by Crippen LogP contribution is 2.51. The molecule has 1 heterocycles. The third-order valence-corrected chi connectivity index (χ3v) is 7.49. The molecule has 0 saturated carbocycles. The highest BCUT2D eigenvalue weighted by Gasteiger charge is 2.51. The highest BCUT2D eigenvalue weighted by atomic mass is 16.5. The molecule has 0 bridgehead atoms. The van der Waals surface area contributed by atoms with Gasteiger partial charge >= 0.3 is 0 Å². The van der Waals surface area contributed by atoms with E-state index in [9.17, 15) is 24.6 Å². The van der Waals surface area contributed by atoms with Crippen LogP contribution in [0.3, 0.4) is 0 Å². The Morgan fingerprint density at radius 1 is 1.05 bits per heavy atom. The Hall–Kier alpha value is -4.47. The van der Waals surface area contributed by atoms with E-state index in [1.54, 1.807) is 17.0 Å². The van der Waals surface area contributed by atoms with Gasteiger partial charge in [-0.15, -0.1) is 0 Å². The van der Waals surface area contributed by atoms with Crippen LogP contribution >= 0.6 is 0 Å². The van der Waals surface area contributed by atoms with Gasteiger partial charge in [0, 0.05) is 29.8 Å². The molecule has 4 atom stereocenters. The second kappa shape index (κ2) is 12.4. The fourth-order valence-corrected chi connectivity index (χ4v) is 5.57. The zero-order valence-corrected chi connectivity index (χ0v) is 22.6. The SMILES string of the molecule is COc1cc(C=O)cc2c1O[C@@H]1[C@@H](O)[C@H](N(Cc3ccccc3)C(=O)Cc3ccccc3)C=C(C(=O)NCCO)[C@H]21. The second-order valence-corrected chi connectivity index (χ2v) is 10.1. The van der Waals surface area contributed by atoms with Gasteiger partial charge in [0.05, 0.1) is 32.1 Å². The molecule has 3 N–H and O–H groups in total. The van der Waals surface area contributed by atoms with Crippen LogP contribution in [0.1, 0.15) is 33.0 Å². The van der Waals surface area contributed by atoms with Gasteiger partial charge in [0.25, 0.3) is 0 Å². The lowest BCUT2D eigenvalue weighted by atomic mass is 9.77. The van der Waals surface area contributed by atoms with Gasteiger partial charge in [0.1, 0.15) is 18.5 Å². The minimum Gasteiger partial charge on any atom is -0.493 e. The van der Waals surface area contributed by atoms with Crippen molar-refractivity contribution in [3.63, 3.8) is 0 Å². The number of aldehydes is 1. The largest absolute Gasteiger partial charge is 0.493 e. The van der Waals surface area contributed by atoms with Crippen molar-refractivity contribution in [2.24, 2.45) is 0 Å². The number of hydrogen-bond acceptors (Lipinski definition) is 7. The Labute approximate surface area is 238 Å². The normalized spacial score (nSPS) is 20.6. The Morgan fingerprint density at radius 2 is 1.73 bits per heavy atom. The summed E-state index contributed by atoms with van der Waals surface area (Å²) in [7, 11) is 1.45. The molecule has 212 valence electrons. The molecule has 0 aromatic heterocycles. The van der Waals surface area contributed by atoms with Crippen LogP contribution in [-0.4, -0.2) is 71.7 Å². The third kappa shape index (κ3) is 5.73.